The molecule has 0 aromatic rings. The SMILES string of the molecule is NC(=O)CN1CC(CCO)CC(NCC2CCC2)C1. The van der Waals surface area contributed by atoms with Gasteiger partial charge in [-0.3, -0.25) is 9.69 Å². The molecule has 1 saturated carbocycles. The van der Waals surface area contributed by atoms with Crippen molar-refractivity contribution in [3.05, 3.63) is 0 Å². The van der Waals surface area contributed by atoms with Crippen LogP contribution in [0.25, 0.3) is 0 Å². The van der Waals surface area contributed by atoms with Crippen molar-refractivity contribution >= 4 is 5.91 Å². The first kappa shape index (κ1) is 14.8. The molecule has 0 spiro atoms. The third-order valence-corrected chi connectivity index (χ3v) is 4.45. The Morgan fingerprint density at radius 1 is 1.32 bits per heavy atom. The van der Waals surface area contributed by atoms with Crippen molar-refractivity contribution in [1.29, 1.82) is 0 Å². The Hall–Kier alpha value is -0.650. The van der Waals surface area contributed by atoms with Gasteiger partial charge >= 0.3 is 0 Å². The highest BCUT2D eigenvalue weighted by Gasteiger charge is 2.28. The number of piperidine rings is 1. The molecule has 2 aliphatic rings. The van der Waals surface area contributed by atoms with E-state index in [0.717, 1.165) is 38.4 Å². The lowest BCUT2D eigenvalue weighted by molar-refractivity contribution is -0.119. The summed E-state index contributed by atoms with van der Waals surface area (Å²) < 4.78 is 0. The summed E-state index contributed by atoms with van der Waals surface area (Å²) >= 11 is 0. The number of carbonyl (C=O) groups is 1. The maximum Gasteiger partial charge on any atom is 0.231 e. The van der Waals surface area contributed by atoms with E-state index in [1.165, 1.54) is 19.3 Å². The van der Waals surface area contributed by atoms with Gasteiger partial charge in [0.2, 0.25) is 5.91 Å². The van der Waals surface area contributed by atoms with Gasteiger partial charge in [-0.25, -0.2) is 0 Å². The molecule has 5 nitrogen and oxygen atoms in total. The molecular formula is C14H27N3O2. The number of hydrogen-bond donors (Lipinski definition) is 3. The molecule has 5 heteroatoms. The number of likely N-dealkylation sites (tertiary alicyclic amines) is 1. The van der Waals surface area contributed by atoms with Crippen LogP contribution in [-0.4, -0.2) is 54.7 Å². The summed E-state index contributed by atoms with van der Waals surface area (Å²) in [5, 5.41) is 12.7. The molecule has 1 aliphatic carbocycles. The van der Waals surface area contributed by atoms with E-state index in [9.17, 15) is 4.79 Å². The zero-order valence-electron chi connectivity index (χ0n) is 11.7. The molecule has 2 atom stereocenters. The van der Waals surface area contributed by atoms with Crippen molar-refractivity contribution in [3.8, 4) is 0 Å². The number of primary amides is 1. The highest BCUT2D eigenvalue weighted by atomic mass is 16.3. The van der Waals surface area contributed by atoms with Crippen LogP contribution in [0.3, 0.4) is 0 Å². The molecule has 4 N–H and O–H groups in total. The number of nitrogens with zero attached hydrogens (tertiary/aromatic N) is 1. The van der Waals surface area contributed by atoms with Gasteiger partial charge in [-0.15, -0.1) is 0 Å². The van der Waals surface area contributed by atoms with Crippen molar-refractivity contribution in [1.82, 2.24) is 10.2 Å². The first-order valence-electron chi connectivity index (χ1n) is 7.52. The standard InChI is InChI=1S/C14H27N3O2/c15-14(19)10-17-8-12(4-5-18)6-13(9-17)16-7-11-2-1-3-11/h11-13,16,18H,1-10H2,(H2,15,19). The van der Waals surface area contributed by atoms with Crippen LogP contribution in [0, 0.1) is 11.8 Å². The number of aliphatic hydroxyl groups excluding tert-OH is 1. The van der Waals surface area contributed by atoms with E-state index in [1.807, 2.05) is 0 Å². The summed E-state index contributed by atoms with van der Waals surface area (Å²) in [5.74, 6) is 1.06. The predicted molar refractivity (Wildman–Crippen MR) is 74.6 cm³/mol. The van der Waals surface area contributed by atoms with Gasteiger partial charge in [-0.05, 0) is 44.1 Å². The van der Waals surface area contributed by atoms with Gasteiger partial charge in [0.05, 0.1) is 6.54 Å². The van der Waals surface area contributed by atoms with Gasteiger partial charge in [-0.2, -0.15) is 0 Å². The number of carbonyl (C=O) groups excluding carboxylic acids is 1. The van der Waals surface area contributed by atoms with Gasteiger partial charge in [0, 0.05) is 25.7 Å². The van der Waals surface area contributed by atoms with Crippen molar-refractivity contribution in [2.75, 3.05) is 32.8 Å². The third-order valence-electron chi connectivity index (χ3n) is 4.45. The smallest absolute Gasteiger partial charge is 0.231 e. The quantitative estimate of drug-likeness (QED) is 0.605. The van der Waals surface area contributed by atoms with Crippen molar-refractivity contribution in [2.24, 2.45) is 17.6 Å². The fourth-order valence-corrected chi connectivity index (χ4v) is 3.22. The first-order valence-corrected chi connectivity index (χ1v) is 7.52. The lowest BCUT2D eigenvalue weighted by Crippen LogP contribution is -2.52. The number of aliphatic hydroxyl groups is 1. The van der Waals surface area contributed by atoms with E-state index in [0.29, 0.717) is 18.5 Å². The number of nitrogens with one attached hydrogen (secondary N) is 1. The van der Waals surface area contributed by atoms with Crippen LogP contribution in [-0.2, 0) is 4.79 Å². The lowest BCUT2D eigenvalue weighted by Gasteiger charge is -2.38. The minimum Gasteiger partial charge on any atom is -0.396 e. The molecule has 1 heterocycles. The normalized spacial score (nSPS) is 29.1. The fourth-order valence-electron chi connectivity index (χ4n) is 3.22. The second kappa shape index (κ2) is 7.22. The molecule has 1 amide bonds. The van der Waals surface area contributed by atoms with Crippen LogP contribution >= 0.6 is 0 Å². The molecule has 0 aromatic carbocycles. The molecule has 0 aromatic heterocycles. The maximum atomic E-state index is 11.1. The minimum absolute atomic E-state index is 0.227. The van der Waals surface area contributed by atoms with Crippen LogP contribution in [0.5, 0.6) is 0 Å². The van der Waals surface area contributed by atoms with Gasteiger partial charge in [0.15, 0.2) is 0 Å². The maximum absolute atomic E-state index is 11.1. The lowest BCUT2D eigenvalue weighted by atomic mass is 9.84. The largest absolute Gasteiger partial charge is 0.396 e. The molecule has 1 aliphatic heterocycles. The average molecular weight is 269 g/mol. The molecule has 2 rings (SSSR count). The van der Waals surface area contributed by atoms with Crippen molar-refractivity contribution in [2.45, 2.75) is 38.1 Å². The highest BCUT2D eigenvalue weighted by molar-refractivity contribution is 5.75. The Labute approximate surface area is 115 Å². The van der Waals surface area contributed by atoms with E-state index in [-0.39, 0.29) is 12.5 Å². The predicted octanol–water partition coefficient (Wildman–Crippen LogP) is -0.0657. The highest BCUT2D eigenvalue weighted by Crippen LogP contribution is 2.26. The zero-order chi connectivity index (χ0) is 13.7. The van der Waals surface area contributed by atoms with E-state index in [2.05, 4.69) is 10.2 Å². The Bertz CT molecular complexity index is 294. The summed E-state index contributed by atoms with van der Waals surface area (Å²) in [6.07, 6.45) is 5.99. The van der Waals surface area contributed by atoms with Crippen LogP contribution < -0.4 is 11.1 Å². The molecule has 2 unspecified atom stereocenters. The van der Waals surface area contributed by atoms with Crippen LogP contribution in [0.15, 0.2) is 0 Å². The molecule has 110 valence electrons. The van der Waals surface area contributed by atoms with Gasteiger partial charge in [-0.1, -0.05) is 6.42 Å². The summed E-state index contributed by atoms with van der Waals surface area (Å²) in [7, 11) is 0. The number of amides is 1. The number of rotatable bonds is 7. The summed E-state index contributed by atoms with van der Waals surface area (Å²) in [6, 6.07) is 0.435. The van der Waals surface area contributed by atoms with Gasteiger partial charge in [0.1, 0.15) is 0 Å². The third kappa shape index (κ3) is 4.75. The summed E-state index contributed by atoms with van der Waals surface area (Å²) in [4.78, 5) is 13.2. The van der Waals surface area contributed by atoms with E-state index < -0.39 is 0 Å². The molecule has 0 radical (unpaired) electrons. The Balaban J connectivity index is 1.79. The minimum atomic E-state index is -0.262. The topological polar surface area (TPSA) is 78.6 Å². The summed E-state index contributed by atoms with van der Waals surface area (Å²) in [5.41, 5.74) is 5.29. The Kier molecular flexibility index (Phi) is 5.60. The van der Waals surface area contributed by atoms with Crippen LogP contribution in [0.2, 0.25) is 0 Å². The van der Waals surface area contributed by atoms with Crippen molar-refractivity contribution < 1.29 is 9.90 Å². The van der Waals surface area contributed by atoms with Gasteiger partial charge in [0.25, 0.3) is 0 Å². The van der Waals surface area contributed by atoms with E-state index in [1.54, 1.807) is 0 Å². The van der Waals surface area contributed by atoms with Crippen molar-refractivity contribution in [3.63, 3.8) is 0 Å². The monoisotopic (exact) mass is 269 g/mol. The first-order chi connectivity index (χ1) is 9.17. The number of nitrogens with two attached hydrogens (primary N) is 1. The number of hydrogen-bond acceptors (Lipinski definition) is 4. The molecular weight excluding hydrogens is 242 g/mol. The summed E-state index contributed by atoms with van der Waals surface area (Å²) in [6.45, 7) is 3.44. The van der Waals surface area contributed by atoms with Crippen LogP contribution in [0.1, 0.15) is 32.1 Å². The Morgan fingerprint density at radius 2 is 2.11 bits per heavy atom. The molecule has 0 bridgehead atoms. The molecule has 2 fully saturated rings. The fraction of sp³-hybridized carbons (Fsp3) is 0.929. The Morgan fingerprint density at radius 3 is 2.68 bits per heavy atom. The second-order valence-corrected chi connectivity index (χ2v) is 6.18. The zero-order valence-corrected chi connectivity index (χ0v) is 11.7. The second-order valence-electron chi connectivity index (χ2n) is 6.18. The molecule has 19 heavy (non-hydrogen) atoms. The van der Waals surface area contributed by atoms with E-state index in [4.69, 9.17) is 10.8 Å². The van der Waals surface area contributed by atoms with Crippen LogP contribution in [0.4, 0.5) is 0 Å². The molecule has 1 saturated heterocycles. The van der Waals surface area contributed by atoms with E-state index >= 15 is 0 Å². The average Bonchev–Trinajstić information content (AvgIpc) is 2.26. The van der Waals surface area contributed by atoms with Gasteiger partial charge < -0.3 is 16.2 Å².